The van der Waals surface area contributed by atoms with E-state index in [9.17, 15) is 4.79 Å². The second-order valence-corrected chi connectivity index (χ2v) is 6.10. The van der Waals surface area contributed by atoms with E-state index in [4.69, 9.17) is 9.15 Å². The third-order valence-electron chi connectivity index (χ3n) is 4.27. The summed E-state index contributed by atoms with van der Waals surface area (Å²) in [4.78, 5) is 22.2. The fourth-order valence-electron chi connectivity index (χ4n) is 2.85. The van der Waals surface area contributed by atoms with Crippen LogP contribution < -0.4 is 5.32 Å². The molecule has 8 heteroatoms. The van der Waals surface area contributed by atoms with Crippen molar-refractivity contribution in [2.45, 2.75) is 13.0 Å². The molecule has 1 N–H and O–H groups in total. The van der Waals surface area contributed by atoms with Gasteiger partial charge in [0.1, 0.15) is 5.76 Å². The number of rotatable bonds is 5. The van der Waals surface area contributed by atoms with Gasteiger partial charge in [-0.3, -0.25) is 9.89 Å². The van der Waals surface area contributed by atoms with Crippen molar-refractivity contribution in [1.82, 2.24) is 20.0 Å². The zero-order chi connectivity index (χ0) is 18.2. The third-order valence-corrected chi connectivity index (χ3v) is 4.27. The lowest BCUT2D eigenvalue weighted by Gasteiger charge is -2.36. The first-order valence-electron chi connectivity index (χ1n) is 8.64. The molecule has 1 aromatic heterocycles. The quantitative estimate of drug-likeness (QED) is 0.635. The van der Waals surface area contributed by atoms with Gasteiger partial charge in [-0.05, 0) is 33.2 Å². The van der Waals surface area contributed by atoms with Crippen LogP contribution in [-0.4, -0.2) is 87.2 Å². The lowest BCUT2D eigenvalue weighted by molar-refractivity contribution is 0.0913. The number of amides is 1. The number of hydrogen-bond acceptors (Lipinski definition) is 5. The van der Waals surface area contributed by atoms with Crippen molar-refractivity contribution in [3.8, 4) is 0 Å². The Balaban J connectivity index is 1.88. The zero-order valence-corrected chi connectivity index (χ0v) is 15.6. The van der Waals surface area contributed by atoms with E-state index in [0.29, 0.717) is 26.2 Å². The van der Waals surface area contributed by atoms with Gasteiger partial charge in [0.05, 0.1) is 18.9 Å². The Morgan fingerprint density at radius 1 is 1.36 bits per heavy atom. The topological polar surface area (TPSA) is 73.5 Å². The van der Waals surface area contributed by atoms with Crippen molar-refractivity contribution in [3.63, 3.8) is 0 Å². The number of nitrogens with one attached hydrogen (secondary N) is 1. The number of carbonyl (C=O) groups excluding carboxylic acids is 1. The number of piperazine rings is 1. The highest BCUT2D eigenvalue weighted by molar-refractivity contribution is 5.80. The largest absolute Gasteiger partial charge is 0.468 e. The normalized spacial score (nSPS) is 16.9. The molecule has 0 aromatic carbocycles. The van der Waals surface area contributed by atoms with Crippen LogP contribution >= 0.6 is 0 Å². The number of guanidine groups is 1. The number of hydrogen-bond donors (Lipinski definition) is 1. The molecule has 0 saturated carbocycles. The molecule has 140 valence electrons. The number of aliphatic imine (C=N–C) groups is 1. The summed E-state index contributed by atoms with van der Waals surface area (Å²) in [5, 5.41) is 3.42. The van der Waals surface area contributed by atoms with Crippen LogP contribution in [0.1, 0.15) is 18.7 Å². The molecule has 0 bridgehead atoms. The van der Waals surface area contributed by atoms with E-state index < -0.39 is 0 Å². The van der Waals surface area contributed by atoms with Crippen molar-refractivity contribution in [2.24, 2.45) is 4.99 Å². The van der Waals surface area contributed by atoms with Gasteiger partial charge in [0.25, 0.3) is 0 Å². The van der Waals surface area contributed by atoms with Crippen LogP contribution in [-0.2, 0) is 4.74 Å². The smallest absolute Gasteiger partial charge is 0.409 e. The summed E-state index contributed by atoms with van der Waals surface area (Å²) in [6.07, 6.45) is 1.45. The molecule has 1 aliphatic rings. The zero-order valence-electron chi connectivity index (χ0n) is 15.6. The number of nitrogens with zero attached hydrogens (tertiary/aromatic N) is 4. The molecule has 2 heterocycles. The molecule has 1 saturated heterocycles. The lowest BCUT2D eigenvalue weighted by Crippen LogP contribution is -2.54. The molecule has 0 radical (unpaired) electrons. The van der Waals surface area contributed by atoms with Crippen molar-refractivity contribution >= 4 is 12.1 Å². The fraction of sp³-hybridized carbons (Fsp3) is 0.647. The van der Waals surface area contributed by atoms with Crippen LogP contribution in [0, 0.1) is 0 Å². The summed E-state index contributed by atoms with van der Waals surface area (Å²) < 4.78 is 10.6. The molecule has 1 atom stereocenters. The predicted octanol–water partition coefficient (Wildman–Crippen LogP) is 1.23. The summed E-state index contributed by atoms with van der Waals surface area (Å²) in [5.74, 6) is 1.75. The standard InChI is InChI=1S/C17H29N5O3/c1-5-24-17(23)22-10-8-21(9-11-22)16(18-2)19-13-14(20(3)4)15-7-6-12-25-15/h6-7,12,14H,5,8-11,13H2,1-4H3,(H,18,19). The predicted molar refractivity (Wildman–Crippen MR) is 96.7 cm³/mol. The summed E-state index contributed by atoms with van der Waals surface area (Å²) in [7, 11) is 5.82. The van der Waals surface area contributed by atoms with Gasteiger partial charge in [-0.1, -0.05) is 0 Å². The number of furan rings is 1. The Labute approximate surface area is 149 Å². The molecule has 0 aliphatic carbocycles. The first kappa shape index (κ1) is 19.1. The van der Waals surface area contributed by atoms with Gasteiger partial charge in [-0.15, -0.1) is 0 Å². The van der Waals surface area contributed by atoms with Gasteiger partial charge >= 0.3 is 6.09 Å². The van der Waals surface area contributed by atoms with Gasteiger partial charge in [-0.2, -0.15) is 0 Å². The fourth-order valence-corrected chi connectivity index (χ4v) is 2.85. The minimum atomic E-state index is -0.240. The molecule has 1 fully saturated rings. The average molecular weight is 351 g/mol. The van der Waals surface area contributed by atoms with Crippen molar-refractivity contribution < 1.29 is 13.9 Å². The molecule has 1 aliphatic heterocycles. The molecular weight excluding hydrogens is 322 g/mol. The Kier molecular flexibility index (Phi) is 7.12. The van der Waals surface area contributed by atoms with E-state index in [2.05, 4.69) is 20.1 Å². The van der Waals surface area contributed by atoms with Crippen LogP contribution in [0.25, 0.3) is 0 Å². The van der Waals surface area contributed by atoms with E-state index in [1.54, 1.807) is 18.2 Å². The molecule has 1 aromatic rings. The maximum atomic E-state index is 11.8. The maximum absolute atomic E-state index is 11.8. The number of ether oxygens (including phenoxy) is 1. The van der Waals surface area contributed by atoms with E-state index in [-0.39, 0.29) is 12.1 Å². The van der Waals surface area contributed by atoms with Crippen LogP contribution in [0.2, 0.25) is 0 Å². The monoisotopic (exact) mass is 351 g/mol. The lowest BCUT2D eigenvalue weighted by atomic mass is 10.2. The Morgan fingerprint density at radius 2 is 2.04 bits per heavy atom. The van der Waals surface area contributed by atoms with Gasteiger partial charge in [0.15, 0.2) is 5.96 Å². The van der Waals surface area contributed by atoms with Gasteiger partial charge < -0.3 is 24.3 Å². The maximum Gasteiger partial charge on any atom is 0.409 e. The third kappa shape index (κ3) is 5.12. The second kappa shape index (κ2) is 9.31. The van der Waals surface area contributed by atoms with E-state index >= 15 is 0 Å². The minimum absolute atomic E-state index is 0.118. The molecule has 25 heavy (non-hydrogen) atoms. The molecule has 1 amide bonds. The first-order chi connectivity index (χ1) is 12.1. The van der Waals surface area contributed by atoms with Crippen LogP contribution in [0.3, 0.4) is 0 Å². The highest BCUT2D eigenvalue weighted by atomic mass is 16.6. The van der Waals surface area contributed by atoms with E-state index in [1.807, 2.05) is 33.2 Å². The SMILES string of the molecule is CCOC(=O)N1CCN(C(=NC)NCC(c2ccco2)N(C)C)CC1. The highest BCUT2D eigenvalue weighted by Gasteiger charge is 2.24. The summed E-state index contributed by atoms with van der Waals surface area (Å²) in [6.45, 7) is 5.63. The van der Waals surface area contributed by atoms with Crippen LogP contribution in [0.15, 0.2) is 27.8 Å². The molecular formula is C17H29N5O3. The van der Waals surface area contributed by atoms with E-state index in [1.165, 1.54) is 0 Å². The van der Waals surface area contributed by atoms with Crippen molar-refractivity contribution in [1.29, 1.82) is 0 Å². The minimum Gasteiger partial charge on any atom is -0.468 e. The number of carbonyl (C=O) groups is 1. The molecule has 2 rings (SSSR count). The van der Waals surface area contributed by atoms with Crippen molar-refractivity contribution in [2.75, 3.05) is 60.5 Å². The molecule has 8 nitrogen and oxygen atoms in total. The molecule has 0 spiro atoms. The van der Waals surface area contributed by atoms with Crippen LogP contribution in [0.4, 0.5) is 4.79 Å². The second-order valence-electron chi connectivity index (χ2n) is 6.10. The van der Waals surface area contributed by atoms with Gasteiger partial charge in [0, 0.05) is 39.8 Å². The van der Waals surface area contributed by atoms with E-state index in [0.717, 1.165) is 24.8 Å². The Bertz CT molecular complexity index is 551. The summed E-state index contributed by atoms with van der Waals surface area (Å²) in [5.41, 5.74) is 0. The average Bonchev–Trinajstić information content (AvgIpc) is 3.13. The number of likely N-dealkylation sites (N-methyl/N-ethyl adjacent to an activating group) is 1. The summed E-state index contributed by atoms with van der Waals surface area (Å²) >= 11 is 0. The van der Waals surface area contributed by atoms with Gasteiger partial charge in [-0.25, -0.2) is 4.79 Å². The first-order valence-corrected chi connectivity index (χ1v) is 8.64. The van der Waals surface area contributed by atoms with Crippen molar-refractivity contribution in [3.05, 3.63) is 24.2 Å². The Hall–Kier alpha value is -2.22. The van der Waals surface area contributed by atoms with Crippen LogP contribution in [0.5, 0.6) is 0 Å². The molecule has 1 unspecified atom stereocenters. The highest BCUT2D eigenvalue weighted by Crippen LogP contribution is 2.17. The van der Waals surface area contributed by atoms with Gasteiger partial charge in [0.2, 0.25) is 0 Å². The Morgan fingerprint density at radius 3 is 2.56 bits per heavy atom. The summed E-state index contributed by atoms with van der Waals surface area (Å²) in [6, 6.07) is 4.00.